The molecular formula is C34H50FN3O4. The topological polar surface area (TPSA) is 79.0 Å². The second-order valence-electron chi connectivity index (χ2n) is 13.6. The number of esters is 1. The third kappa shape index (κ3) is 6.53. The molecule has 232 valence electrons. The van der Waals surface area contributed by atoms with Crippen molar-refractivity contribution in [2.24, 2.45) is 23.2 Å². The molecule has 2 aliphatic carbocycles. The first-order chi connectivity index (χ1) is 20.2. The SMILES string of the molecule is CCOC(=O)C1(C2CCCCC2)CCN(C(=O)C(Cc2ccc(F)cc2)NC(=O)C2CC3CCC2N(C(C)C)C3)CC1. The quantitative estimate of drug-likeness (QED) is 0.409. The van der Waals surface area contributed by atoms with E-state index in [1.807, 2.05) is 11.8 Å². The molecule has 5 aliphatic rings. The minimum atomic E-state index is -0.735. The number of benzene rings is 1. The molecule has 5 fully saturated rings. The first-order valence-corrected chi connectivity index (χ1v) is 16.5. The molecule has 8 heteroatoms. The smallest absolute Gasteiger partial charge is 0.312 e. The van der Waals surface area contributed by atoms with Crippen molar-refractivity contribution in [3.05, 3.63) is 35.6 Å². The number of hydrogen-bond acceptors (Lipinski definition) is 5. The Labute approximate surface area is 250 Å². The molecule has 6 rings (SSSR count). The van der Waals surface area contributed by atoms with Crippen LogP contribution < -0.4 is 5.32 Å². The van der Waals surface area contributed by atoms with Crippen LogP contribution in [-0.2, 0) is 25.5 Å². The van der Waals surface area contributed by atoms with Crippen molar-refractivity contribution in [1.29, 1.82) is 0 Å². The summed E-state index contributed by atoms with van der Waals surface area (Å²) in [6.07, 6.45) is 10.1. The second kappa shape index (κ2) is 13.4. The first-order valence-electron chi connectivity index (χ1n) is 16.5. The van der Waals surface area contributed by atoms with Gasteiger partial charge in [-0.15, -0.1) is 0 Å². The van der Waals surface area contributed by atoms with Crippen LogP contribution >= 0.6 is 0 Å². The Morgan fingerprint density at radius 3 is 2.33 bits per heavy atom. The number of likely N-dealkylation sites (tertiary alicyclic amines) is 1. The number of halogens is 1. The molecular weight excluding hydrogens is 533 g/mol. The van der Waals surface area contributed by atoms with E-state index in [1.54, 1.807) is 12.1 Å². The maximum atomic E-state index is 14.1. The van der Waals surface area contributed by atoms with Gasteiger partial charge >= 0.3 is 5.97 Å². The lowest BCUT2D eigenvalue weighted by atomic mass is 9.63. The van der Waals surface area contributed by atoms with E-state index in [1.165, 1.54) is 18.6 Å². The molecule has 3 heterocycles. The summed E-state index contributed by atoms with van der Waals surface area (Å²) in [4.78, 5) is 45.6. The minimum absolute atomic E-state index is 0.0457. The third-order valence-corrected chi connectivity index (χ3v) is 10.8. The average molecular weight is 584 g/mol. The Morgan fingerprint density at radius 1 is 1.02 bits per heavy atom. The molecule has 1 aromatic carbocycles. The fraction of sp³-hybridized carbons (Fsp3) is 0.735. The molecule has 1 aromatic rings. The van der Waals surface area contributed by atoms with Crippen molar-refractivity contribution in [3.8, 4) is 0 Å². The summed E-state index contributed by atoms with van der Waals surface area (Å²) in [5, 5.41) is 3.18. The zero-order chi connectivity index (χ0) is 29.9. The molecule has 4 unspecified atom stereocenters. The number of amides is 2. The van der Waals surface area contributed by atoms with Crippen molar-refractivity contribution < 1.29 is 23.5 Å². The van der Waals surface area contributed by atoms with Crippen LogP contribution in [-0.4, -0.2) is 72.0 Å². The molecule has 2 bridgehead atoms. The number of fused-ring (bicyclic) bond motifs is 3. The Kier molecular flexibility index (Phi) is 9.91. The third-order valence-electron chi connectivity index (χ3n) is 10.8. The van der Waals surface area contributed by atoms with E-state index < -0.39 is 11.5 Å². The lowest BCUT2D eigenvalue weighted by Gasteiger charge is -2.51. The Balaban J connectivity index is 1.32. The number of nitrogens with zero attached hydrogens (tertiary/aromatic N) is 2. The number of rotatable bonds is 9. The fourth-order valence-corrected chi connectivity index (χ4v) is 8.50. The van der Waals surface area contributed by atoms with Crippen LogP contribution in [0.15, 0.2) is 24.3 Å². The van der Waals surface area contributed by atoms with Gasteiger partial charge in [0.05, 0.1) is 17.9 Å². The molecule has 3 saturated heterocycles. The molecule has 3 aliphatic heterocycles. The molecule has 1 N–H and O–H groups in total. The van der Waals surface area contributed by atoms with Crippen LogP contribution in [0.3, 0.4) is 0 Å². The average Bonchev–Trinajstić information content (AvgIpc) is 3.02. The van der Waals surface area contributed by atoms with Gasteiger partial charge in [0.25, 0.3) is 0 Å². The number of ether oxygens (including phenoxy) is 1. The number of nitrogens with one attached hydrogen (secondary N) is 1. The summed E-state index contributed by atoms with van der Waals surface area (Å²) in [5.41, 5.74) is 0.272. The number of piperidine rings is 3. The van der Waals surface area contributed by atoms with Gasteiger partial charge in [-0.05, 0) is 95.2 Å². The van der Waals surface area contributed by atoms with E-state index >= 15 is 0 Å². The molecule has 0 aromatic heterocycles. The molecule has 4 atom stereocenters. The van der Waals surface area contributed by atoms with Gasteiger partial charge in [-0.1, -0.05) is 31.4 Å². The monoisotopic (exact) mass is 583 g/mol. The Bertz CT molecular complexity index is 1090. The summed E-state index contributed by atoms with van der Waals surface area (Å²) in [6.45, 7) is 8.58. The summed E-state index contributed by atoms with van der Waals surface area (Å²) < 4.78 is 19.3. The van der Waals surface area contributed by atoms with Gasteiger partial charge < -0.3 is 15.0 Å². The van der Waals surface area contributed by atoms with E-state index in [2.05, 4.69) is 24.1 Å². The highest BCUT2D eigenvalue weighted by Gasteiger charge is 2.50. The van der Waals surface area contributed by atoms with E-state index in [-0.39, 0.29) is 35.6 Å². The second-order valence-corrected chi connectivity index (χ2v) is 13.6. The van der Waals surface area contributed by atoms with Crippen LogP contribution in [0.2, 0.25) is 0 Å². The molecule has 42 heavy (non-hydrogen) atoms. The van der Waals surface area contributed by atoms with Crippen molar-refractivity contribution in [1.82, 2.24) is 15.1 Å². The van der Waals surface area contributed by atoms with Crippen molar-refractivity contribution in [2.45, 2.75) is 110 Å². The number of hydrogen-bond donors (Lipinski definition) is 1. The van der Waals surface area contributed by atoms with Crippen LogP contribution in [0, 0.1) is 29.0 Å². The zero-order valence-corrected chi connectivity index (χ0v) is 25.8. The Hall–Kier alpha value is -2.48. The standard InChI is InChI=1S/C34H50FN3O4/c1-4-42-33(41)34(26-8-6-5-7-9-26)16-18-37(19-17-34)32(40)29(21-24-10-13-27(35)14-11-24)36-31(39)28-20-25-12-15-30(28)38(22-25)23(2)3/h10-11,13-14,23,25-26,28-30H,4-9,12,15-22H2,1-3H3,(H,36,39). The minimum Gasteiger partial charge on any atom is -0.466 e. The lowest BCUT2D eigenvalue weighted by Crippen LogP contribution is -2.61. The summed E-state index contributed by atoms with van der Waals surface area (Å²) >= 11 is 0. The van der Waals surface area contributed by atoms with Gasteiger partial charge in [0.2, 0.25) is 11.8 Å². The highest BCUT2D eigenvalue weighted by atomic mass is 19.1. The van der Waals surface area contributed by atoms with Crippen LogP contribution in [0.1, 0.15) is 90.5 Å². The lowest BCUT2D eigenvalue weighted by molar-refractivity contribution is -0.166. The predicted molar refractivity (Wildman–Crippen MR) is 160 cm³/mol. The summed E-state index contributed by atoms with van der Waals surface area (Å²) in [6, 6.07) is 6.03. The normalized spacial score (nSPS) is 27.1. The largest absolute Gasteiger partial charge is 0.466 e. The highest BCUT2D eigenvalue weighted by molar-refractivity contribution is 5.89. The van der Waals surface area contributed by atoms with Crippen LogP contribution in [0.5, 0.6) is 0 Å². The highest BCUT2D eigenvalue weighted by Crippen LogP contribution is 2.47. The van der Waals surface area contributed by atoms with Crippen molar-refractivity contribution in [3.63, 3.8) is 0 Å². The van der Waals surface area contributed by atoms with E-state index in [0.29, 0.717) is 56.8 Å². The van der Waals surface area contributed by atoms with E-state index in [4.69, 9.17) is 4.74 Å². The number of carbonyl (C=O) groups excluding carboxylic acids is 3. The molecule has 0 radical (unpaired) electrons. The maximum Gasteiger partial charge on any atom is 0.312 e. The summed E-state index contributed by atoms with van der Waals surface area (Å²) in [5.74, 6) is 0.0766. The van der Waals surface area contributed by atoms with Gasteiger partial charge in [-0.25, -0.2) is 4.39 Å². The predicted octanol–water partition coefficient (Wildman–Crippen LogP) is 5.11. The van der Waals surface area contributed by atoms with Gasteiger partial charge in [-0.2, -0.15) is 0 Å². The van der Waals surface area contributed by atoms with Gasteiger partial charge in [-0.3, -0.25) is 19.3 Å². The number of carbonyl (C=O) groups is 3. The Morgan fingerprint density at radius 2 is 1.71 bits per heavy atom. The molecule has 7 nitrogen and oxygen atoms in total. The van der Waals surface area contributed by atoms with Gasteiger partial charge in [0.15, 0.2) is 0 Å². The van der Waals surface area contributed by atoms with Crippen LogP contribution in [0.4, 0.5) is 4.39 Å². The van der Waals surface area contributed by atoms with E-state index in [0.717, 1.165) is 57.1 Å². The zero-order valence-electron chi connectivity index (χ0n) is 25.8. The van der Waals surface area contributed by atoms with Crippen molar-refractivity contribution in [2.75, 3.05) is 26.2 Å². The van der Waals surface area contributed by atoms with Gasteiger partial charge in [0.1, 0.15) is 11.9 Å². The summed E-state index contributed by atoms with van der Waals surface area (Å²) in [7, 11) is 0. The fourth-order valence-electron chi connectivity index (χ4n) is 8.50. The van der Waals surface area contributed by atoms with Crippen molar-refractivity contribution >= 4 is 17.8 Å². The molecule has 2 saturated carbocycles. The van der Waals surface area contributed by atoms with Gasteiger partial charge in [0, 0.05) is 38.1 Å². The van der Waals surface area contributed by atoms with E-state index in [9.17, 15) is 18.8 Å². The first kappa shape index (κ1) is 31.0. The molecule has 2 amide bonds. The maximum absolute atomic E-state index is 14.1. The molecule has 0 spiro atoms. The van der Waals surface area contributed by atoms with Crippen LogP contribution in [0.25, 0.3) is 0 Å².